The van der Waals surface area contributed by atoms with Gasteiger partial charge in [0.2, 0.25) is 0 Å². The van der Waals surface area contributed by atoms with E-state index in [0.717, 1.165) is 18.1 Å². The molecule has 1 aliphatic carbocycles. The van der Waals surface area contributed by atoms with Crippen LogP contribution in [0.25, 0.3) is 0 Å². The monoisotopic (exact) mass is 510 g/mol. The zero-order valence-corrected chi connectivity index (χ0v) is 20.4. The molecule has 0 spiro atoms. The van der Waals surface area contributed by atoms with Crippen molar-refractivity contribution in [3.8, 4) is 6.07 Å². The summed E-state index contributed by atoms with van der Waals surface area (Å²) in [5, 5.41) is 10.4. The summed E-state index contributed by atoms with van der Waals surface area (Å²) in [7, 11) is 0. The molecule has 1 atom stereocenters. The Labute approximate surface area is 208 Å². The van der Waals surface area contributed by atoms with Crippen molar-refractivity contribution in [2.75, 3.05) is 13.1 Å². The fourth-order valence-corrected chi connectivity index (χ4v) is 5.61. The van der Waals surface area contributed by atoms with Gasteiger partial charge < -0.3 is 0 Å². The van der Waals surface area contributed by atoms with E-state index in [1.54, 1.807) is 0 Å². The van der Waals surface area contributed by atoms with E-state index in [2.05, 4.69) is 4.90 Å². The van der Waals surface area contributed by atoms with Crippen LogP contribution in [0.5, 0.6) is 0 Å². The topological polar surface area (TPSA) is 27.0 Å². The number of nitrogens with zero attached hydrogens (tertiary/aromatic N) is 2. The average molecular weight is 511 g/mol. The van der Waals surface area contributed by atoms with Crippen LogP contribution in [0.2, 0.25) is 0 Å². The van der Waals surface area contributed by atoms with Crippen molar-refractivity contribution in [2.24, 2.45) is 5.92 Å². The lowest BCUT2D eigenvalue weighted by Crippen LogP contribution is -2.40. The Hall–Kier alpha value is -2.53. The van der Waals surface area contributed by atoms with Crippen molar-refractivity contribution < 1.29 is 26.3 Å². The molecule has 2 aromatic rings. The van der Waals surface area contributed by atoms with Gasteiger partial charge >= 0.3 is 12.4 Å². The van der Waals surface area contributed by atoms with Gasteiger partial charge in [0.15, 0.2) is 0 Å². The molecule has 0 heterocycles. The summed E-state index contributed by atoms with van der Waals surface area (Å²) >= 11 is 0. The number of rotatable bonds is 9. The van der Waals surface area contributed by atoms with Crippen LogP contribution in [0.15, 0.2) is 48.5 Å². The molecule has 2 nitrogen and oxygen atoms in total. The van der Waals surface area contributed by atoms with Crippen molar-refractivity contribution >= 4 is 0 Å². The minimum Gasteiger partial charge on any atom is -0.299 e. The van der Waals surface area contributed by atoms with Gasteiger partial charge in [-0.05, 0) is 68.0 Å². The minimum atomic E-state index is -5.00. The van der Waals surface area contributed by atoms with Crippen LogP contribution in [-0.4, -0.2) is 18.0 Å². The second kappa shape index (κ2) is 11.7. The van der Waals surface area contributed by atoms with Crippen LogP contribution in [0.4, 0.5) is 26.3 Å². The van der Waals surface area contributed by atoms with Crippen LogP contribution in [-0.2, 0) is 24.3 Å². The van der Waals surface area contributed by atoms with E-state index in [1.165, 1.54) is 0 Å². The third kappa shape index (κ3) is 6.42. The molecular formula is C28H32F6N2. The molecule has 2 aromatic carbocycles. The lowest BCUT2D eigenvalue weighted by molar-refractivity contribution is -0.145. The third-order valence-corrected chi connectivity index (χ3v) is 7.36. The fraction of sp³-hybridized carbons (Fsp3) is 0.536. The Morgan fingerprint density at radius 2 is 1.44 bits per heavy atom. The van der Waals surface area contributed by atoms with E-state index in [-0.39, 0.29) is 6.42 Å². The predicted octanol–water partition coefficient (Wildman–Crippen LogP) is 8.37. The van der Waals surface area contributed by atoms with E-state index in [4.69, 9.17) is 0 Å². The Bertz CT molecular complexity index is 987. The van der Waals surface area contributed by atoms with E-state index in [0.29, 0.717) is 63.9 Å². The summed E-state index contributed by atoms with van der Waals surface area (Å²) in [6, 6.07) is 13.9. The van der Waals surface area contributed by atoms with E-state index < -0.39 is 40.4 Å². The molecular weight excluding hydrogens is 478 g/mol. The first-order valence-electron chi connectivity index (χ1n) is 12.5. The van der Waals surface area contributed by atoms with Crippen molar-refractivity contribution in [1.82, 2.24) is 4.90 Å². The Morgan fingerprint density at radius 1 is 0.861 bits per heavy atom. The van der Waals surface area contributed by atoms with Gasteiger partial charge in [-0.15, -0.1) is 0 Å². The van der Waals surface area contributed by atoms with Crippen LogP contribution in [0.1, 0.15) is 74.1 Å². The maximum atomic E-state index is 14.1. The lowest BCUT2D eigenvalue weighted by Gasteiger charge is -2.41. The highest BCUT2D eigenvalue weighted by atomic mass is 19.4. The molecule has 0 bridgehead atoms. The van der Waals surface area contributed by atoms with Gasteiger partial charge in [0, 0.05) is 6.54 Å². The molecule has 0 aliphatic heterocycles. The predicted molar refractivity (Wildman–Crippen MR) is 127 cm³/mol. The molecule has 0 amide bonds. The van der Waals surface area contributed by atoms with Crippen molar-refractivity contribution in [2.45, 2.75) is 76.2 Å². The summed E-state index contributed by atoms with van der Waals surface area (Å²) in [5.41, 5.74) is -4.38. The second-order valence-electron chi connectivity index (χ2n) is 9.60. The van der Waals surface area contributed by atoms with Gasteiger partial charge in [-0.3, -0.25) is 4.90 Å². The summed E-state index contributed by atoms with van der Waals surface area (Å²) in [5.74, 6) is -0.565. The smallest absolute Gasteiger partial charge is 0.299 e. The quantitative estimate of drug-likeness (QED) is 0.317. The summed E-state index contributed by atoms with van der Waals surface area (Å²) in [6.45, 7) is 3.72. The highest BCUT2D eigenvalue weighted by Gasteiger charge is 2.51. The van der Waals surface area contributed by atoms with Crippen LogP contribution >= 0.6 is 0 Å². The van der Waals surface area contributed by atoms with Crippen LogP contribution < -0.4 is 0 Å². The third-order valence-electron chi connectivity index (χ3n) is 7.36. The zero-order chi connectivity index (χ0) is 26.4. The van der Waals surface area contributed by atoms with Gasteiger partial charge in [0.25, 0.3) is 0 Å². The molecule has 3 rings (SSSR count). The van der Waals surface area contributed by atoms with Gasteiger partial charge in [-0.25, -0.2) is 0 Å². The molecule has 1 fully saturated rings. The average Bonchev–Trinajstić information content (AvgIpc) is 2.86. The fourth-order valence-electron chi connectivity index (χ4n) is 5.61. The van der Waals surface area contributed by atoms with Gasteiger partial charge in [0.05, 0.1) is 22.6 Å². The molecule has 0 aromatic heterocycles. The Balaban J connectivity index is 2.03. The second-order valence-corrected chi connectivity index (χ2v) is 9.60. The molecule has 8 heteroatoms. The summed E-state index contributed by atoms with van der Waals surface area (Å²) in [6.07, 6.45) is -6.61. The maximum Gasteiger partial charge on any atom is 0.416 e. The molecule has 1 saturated carbocycles. The number of benzene rings is 2. The molecule has 0 radical (unpaired) electrons. The van der Waals surface area contributed by atoms with E-state index >= 15 is 0 Å². The number of nitriles is 1. The molecule has 0 saturated heterocycles. The Morgan fingerprint density at radius 3 is 1.94 bits per heavy atom. The van der Waals surface area contributed by atoms with E-state index in [9.17, 15) is 31.6 Å². The first-order valence-corrected chi connectivity index (χ1v) is 12.5. The Kier molecular flexibility index (Phi) is 9.10. The van der Waals surface area contributed by atoms with Gasteiger partial charge in [-0.2, -0.15) is 31.6 Å². The largest absolute Gasteiger partial charge is 0.416 e. The molecule has 1 aliphatic rings. The lowest BCUT2D eigenvalue weighted by atomic mass is 9.61. The number of hydrogen-bond acceptors (Lipinski definition) is 2. The van der Waals surface area contributed by atoms with Crippen molar-refractivity contribution in [3.63, 3.8) is 0 Å². The first kappa shape index (κ1) is 28.0. The zero-order valence-electron chi connectivity index (χ0n) is 20.4. The molecule has 1 unspecified atom stereocenters. The first-order chi connectivity index (χ1) is 17.0. The summed E-state index contributed by atoms with van der Waals surface area (Å²) < 4.78 is 84.7. The minimum absolute atomic E-state index is 0.0599. The van der Waals surface area contributed by atoms with Crippen LogP contribution in [0, 0.1) is 17.2 Å². The number of halogens is 6. The van der Waals surface area contributed by atoms with Crippen LogP contribution in [0.3, 0.4) is 0 Å². The highest BCUT2D eigenvalue weighted by molar-refractivity contribution is 5.48. The van der Waals surface area contributed by atoms with Crippen molar-refractivity contribution in [1.29, 1.82) is 5.26 Å². The van der Waals surface area contributed by atoms with Crippen molar-refractivity contribution in [3.05, 3.63) is 70.8 Å². The number of alkyl halides is 6. The molecule has 36 heavy (non-hydrogen) atoms. The molecule has 0 N–H and O–H groups in total. The number of hydrogen-bond donors (Lipinski definition) is 0. The standard InChI is InChI=1S/C28H32F6N2/c1-2-36(19-21-11-5-3-6-12-21)18-10-17-26(20-35,22-13-7-4-8-14-22)25-23(27(29,30)31)15-9-16-24(25)28(32,33)34/h3,5-6,9,11-12,15-16,22H,2,4,7-8,10,13-14,17-19H2,1H3. The van der Waals surface area contributed by atoms with E-state index in [1.807, 2.05) is 43.3 Å². The summed E-state index contributed by atoms with van der Waals surface area (Å²) in [4.78, 5) is 2.10. The highest BCUT2D eigenvalue weighted by Crippen LogP contribution is 2.51. The van der Waals surface area contributed by atoms with Gasteiger partial charge in [-0.1, -0.05) is 62.6 Å². The SMILES string of the molecule is CCN(CCCC(C#N)(c1c(C(F)(F)F)cccc1C(F)(F)F)C1CCCCC1)Cc1ccccc1. The maximum absolute atomic E-state index is 14.1. The molecule has 196 valence electrons. The normalized spacial score (nSPS) is 17.1. The van der Waals surface area contributed by atoms with Gasteiger partial charge in [0.1, 0.15) is 0 Å².